The van der Waals surface area contributed by atoms with Gasteiger partial charge < -0.3 is 14.7 Å². The van der Waals surface area contributed by atoms with Crippen molar-refractivity contribution in [3.05, 3.63) is 53.6 Å². The Hall–Kier alpha value is -2.58. The van der Waals surface area contributed by atoms with Crippen molar-refractivity contribution in [3.8, 4) is 0 Å². The highest BCUT2D eigenvalue weighted by Crippen LogP contribution is 2.27. The summed E-state index contributed by atoms with van der Waals surface area (Å²) in [6.45, 7) is 4.33. The van der Waals surface area contributed by atoms with Crippen molar-refractivity contribution < 1.29 is 23.1 Å². The largest absolute Gasteiger partial charge is 0.478 e. The number of hydrogen-bond donors (Lipinski definition) is 2. The molecule has 138 valence electrons. The molecule has 1 aliphatic rings. The number of carbonyl (C=O) groups is 1. The minimum Gasteiger partial charge on any atom is -0.478 e. The topological polar surface area (TPSA) is 95.9 Å². The summed E-state index contributed by atoms with van der Waals surface area (Å²) in [7, 11) is -3.89. The van der Waals surface area contributed by atoms with Gasteiger partial charge in [-0.2, -0.15) is 0 Å². The van der Waals surface area contributed by atoms with Crippen LogP contribution in [0.25, 0.3) is 0 Å². The zero-order valence-electron chi connectivity index (χ0n) is 14.3. The first kappa shape index (κ1) is 18.2. The Kier molecular flexibility index (Phi) is 5.15. The Morgan fingerprint density at radius 3 is 2.38 bits per heavy atom. The molecule has 0 spiro atoms. The molecule has 1 fully saturated rings. The summed E-state index contributed by atoms with van der Waals surface area (Å²) >= 11 is 0. The smallest absolute Gasteiger partial charge is 0.337 e. The Morgan fingerprint density at radius 2 is 1.77 bits per heavy atom. The molecule has 8 heteroatoms. The number of aromatic carboxylic acids is 1. The van der Waals surface area contributed by atoms with E-state index in [2.05, 4.69) is 4.72 Å². The van der Waals surface area contributed by atoms with E-state index < -0.39 is 16.0 Å². The second-order valence-corrected chi connectivity index (χ2v) is 7.74. The van der Waals surface area contributed by atoms with Crippen molar-refractivity contribution in [1.29, 1.82) is 0 Å². The molecule has 26 heavy (non-hydrogen) atoms. The van der Waals surface area contributed by atoms with Gasteiger partial charge in [-0.1, -0.05) is 17.7 Å². The summed E-state index contributed by atoms with van der Waals surface area (Å²) in [5.74, 6) is -1.19. The first-order valence-corrected chi connectivity index (χ1v) is 9.65. The van der Waals surface area contributed by atoms with Gasteiger partial charge in [-0.15, -0.1) is 0 Å². The molecule has 0 bridgehead atoms. The molecule has 1 saturated heterocycles. The highest BCUT2D eigenvalue weighted by molar-refractivity contribution is 7.92. The van der Waals surface area contributed by atoms with E-state index >= 15 is 0 Å². The van der Waals surface area contributed by atoms with Crippen molar-refractivity contribution in [3.63, 3.8) is 0 Å². The number of anilines is 2. The summed E-state index contributed by atoms with van der Waals surface area (Å²) in [5, 5.41) is 9.40. The third kappa shape index (κ3) is 3.97. The molecular weight excluding hydrogens is 356 g/mol. The molecule has 2 aromatic rings. The van der Waals surface area contributed by atoms with Gasteiger partial charge in [0.25, 0.3) is 10.0 Å². The number of sulfonamides is 1. The van der Waals surface area contributed by atoms with Gasteiger partial charge in [0.15, 0.2) is 0 Å². The van der Waals surface area contributed by atoms with Gasteiger partial charge in [-0.25, -0.2) is 13.2 Å². The van der Waals surface area contributed by atoms with Crippen molar-refractivity contribution in [2.24, 2.45) is 0 Å². The van der Waals surface area contributed by atoms with E-state index in [1.807, 2.05) is 11.8 Å². The third-order valence-electron chi connectivity index (χ3n) is 4.19. The normalized spacial score (nSPS) is 14.9. The Morgan fingerprint density at radius 1 is 1.12 bits per heavy atom. The van der Waals surface area contributed by atoms with Crippen LogP contribution in [0.4, 0.5) is 11.4 Å². The van der Waals surface area contributed by atoms with Crippen LogP contribution in [0.5, 0.6) is 0 Å². The maximum atomic E-state index is 12.6. The van der Waals surface area contributed by atoms with Crippen LogP contribution < -0.4 is 9.62 Å². The van der Waals surface area contributed by atoms with Crippen molar-refractivity contribution >= 4 is 27.4 Å². The third-order valence-corrected chi connectivity index (χ3v) is 5.57. The second kappa shape index (κ2) is 7.35. The van der Waals surface area contributed by atoms with E-state index in [1.165, 1.54) is 18.2 Å². The number of rotatable bonds is 5. The number of ether oxygens (including phenoxy) is 1. The average molecular weight is 376 g/mol. The number of carboxylic acid groups (broad SMARTS) is 1. The Balaban J connectivity index is 1.96. The van der Waals surface area contributed by atoms with Crippen molar-refractivity contribution in [2.75, 3.05) is 35.9 Å². The summed E-state index contributed by atoms with van der Waals surface area (Å²) in [6.07, 6.45) is 0. The Bertz CT molecular complexity index is 904. The molecule has 0 aliphatic carbocycles. The predicted molar refractivity (Wildman–Crippen MR) is 98.4 cm³/mol. The van der Waals surface area contributed by atoms with Crippen molar-refractivity contribution in [1.82, 2.24) is 0 Å². The second-order valence-electron chi connectivity index (χ2n) is 6.05. The van der Waals surface area contributed by atoms with Gasteiger partial charge in [0.2, 0.25) is 0 Å². The molecule has 0 amide bonds. The van der Waals surface area contributed by atoms with Gasteiger partial charge in [0.1, 0.15) is 0 Å². The summed E-state index contributed by atoms with van der Waals surface area (Å²) in [4.78, 5) is 13.6. The molecule has 0 unspecified atom stereocenters. The molecule has 7 nitrogen and oxygen atoms in total. The predicted octanol–water partition coefficient (Wildman–Crippen LogP) is 2.33. The van der Waals surface area contributed by atoms with E-state index in [0.29, 0.717) is 26.3 Å². The number of nitrogens with one attached hydrogen (secondary N) is 1. The zero-order chi connectivity index (χ0) is 18.7. The van der Waals surface area contributed by atoms with Crippen LogP contribution in [-0.4, -0.2) is 45.8 Å². The van der Waals surface area contributed by atoms with Crippen LogP contribution in [0.1, 0.15) is 15.9 Å². The fourth-order valence-corrected chi connectivity index (χ4v) is 3.81. The first-order valence-electron chi connectivity index (χ1n) is 8.16. The van der Waals surface area contributed by atoms with Gasteiger partial charge in [-0.05, 0) is 37.3 Å². The SMILES string of the molecule is Cc1ccc(S(=O)(=O)Nc2cc(N3CCOCC3)ccc2C(=O)O)cc1. The number of morpholine rings is 1. The summed E-state index contributed by atoms with van der Waals surface area (Å²) in [5.41, 5.74) is 1.63. The average Bonchev–Trinajstić information content (AvgIpc) is 2.62. The lowest BCUT2D eigenvalue weighted by Gasteiger charge is -2.29. The number of nitrogens with zero attached hydrogens (tertiary/aromatic N) is 1. The monoisotopic (exact) mass is 376 g/mol. The van der Waals surface area contributed by atoms with Crippen LogP contribution in [0.2, 0.25) is 0 Å². The molecule has 0 aromatic heterocycles. The van der Waals surface area contributed by atoms with E-state index in [-0.39, 0.29) is 16.1 Å². The zero-order valence-corrected chi connectivity index (χ0v) is 15.1. The standard InChI is InChI=1S/C18H20N2O5S/c1-13-2-5-15(6-3-13)26(23,24)19-17-12-14(4-7-16(17)18(21)22)20-8-10-25-11-9-20/h2-7,12,19H,8-11H2,1H3,(H,21,22). The minimum atomic E-state index is -3.89. The Labute approximate surface area is 152 Å². The highest BCUT2D eigenvalue weighted by atomic mass is 32.2. The molecule has 3 rings (SSSR count). The lowest BCUT2D eigenvalue weighted by Crippen LogP contribution is -2.36. The molecule has 1 aliphatic heterocycles. The fraction of sp³-hybridized carbons (Fsp3) is 0.278. The number of benzene rings is 2. The van der Waals surface area contributed by atoms with Crippen LogP contribution in [0, 0.1) is 6.92 Å². The minimum absolute atomic E-state index is 0.0436. The number of carboxylic acids is 1. The van der Waals surface area contributed by atoms with E-state index in [4.69, 9.17) is 4.74 Å². The van der Waals surface area contributed by atoms with Crippen LogP contribution in [0.3, 0.4) is 0 Å². The molecule has 0 atom stereocenters. The summed E-state index contributed by atoms with van der Waals surface area (Å²) < 4.78 is 33.0. The highest BCUT2D eigenvalue weighted by Gasteiger charge is 2.20. The van der Waals surface area contributed by atoms with E-state index in [9.17, 15) is 18.3 Å². The van der Waals surface area contributed by atoms with Crippen LogP contribution >= 0.6 is 0 Å². The van der Waals surface area contributed by atoms with Gasteiger partial charge in [0.05, 0.1) is 29.4 Å². The van der Waals surface area contributed by atoms with Crippen molar-refractivity contribution in [2.45, 2.75) is 11.8 Å². The van der Waals surface area contributed by atoms with Gasteiger partial charge in [0, 0.05) is 18.8 Å². The maximum Gasteiger partial charge on any atom is 0.337 e. The van der Waals surface area contributed by atoms with Gasteiger partial charge in [-0.3, -0.25) is 4.72 Å². The van der Waals surface area contributed by atoms with E-state index in [0.717, 1.165) is 11.3 Å². The van der Waals surface area contributed by atoms with Gasteiger partial charge >= 0.3 is 5.97 Å². The fourth-order valence-electron chi connectivity index (χ4n) is 2.74. The molecule has 1 heterocycles. The number of hydrogen-bond acceptors (Lipinski definition) is 5. The van der Waals surface area contributed by atoms with Crippen LogP contribution in [-0.2, 0) is 14.8 Å². The molecular formula is C18H20N2O5S. The molecule has 0 saturated carbocycles. The lowest BCUT2D eigenvalue weighted by atomic mass is 10.1. The lowest BCUT2D eigenvalue weighted by molar-refractivity contribution is 0.0698. The quantitative estimate of drug-likeness (QED) is 0.831. The summed E-state index contributed by atoms with van der Waals surface area (Å²) in [6, 6.07) is 11.0. The molecule has 2 aromatic carbocycles. The van der Waals surface area contributed by atoms with Crippen LogP contribution in [0.15, 0.2) is 47.4 Å². The molecule has 2 N–H and O–H groups in total. The molecule has 0 radical (unpaired) electrons. The van der Waals surface area contributed by atoms with E-state index in [1.54, 1.807) is 24.3 Å². The maximum absolute atomic E-state index is 12.6. The number of aryl methyl sites for hydroxylation is 1. The first-order chi connectivity index (χ1) is 12.4.